The fraction of sp³-hybridized carbons (Fsp3) is 0.350. The summed E-state index contributed by atoms with van der Waals surface area (Å²) in [6, 6.07) is 2.16. The highest BCUT2D eigenvalue weighted by Gasteiger charge is 2.30. The van der Waals surface area contributed by atoms with Crippen molar-refractivity contribution in [2.45, 2.75) is 33.8 Å². The number of carbonyl (C=O) groups is 3. The van der Waals surface area contributed by atoms with Crippen LogP contribution in [0.3, 0.4) is 0 Å². The van der Waals surface area contributed by atoms with Crippen LogP contribution in [0.5, 0.6) is 11.5 Å². The Hall–Kier alpha value is -3.69. The maximum Gasteiger partial charge on any atom is 0.346 e. The average molecular weight is 418 g/mol. The number of H-pyrrole nitrogens is 1. The number of nitrogens with zero attached hydrogens (tertiary/aromatic N) is 1. The summed E-state index contributed by atoms with van der Waals surface area (Å²) in [4.78, 5) is 50.6. The van der Waals surface area contributed by atoms with Crippen LogP contribution in [0.4, 0.5) is 5.69 Å². The summed E-state index contributed by atoms with van der Waals surface area (Å²) in [6.07, 6.45) is -1.26. The standard InChI is InChI=1S/C20H22N2O8/c1-9-17(11(3)23)10(2)21-18(9)19(24)12(4)30-20(25)13-7-15(28-5)16(29-6)8-14(13)22(26)27/h7-8,12,21H,1-6H3/t12-/m1/s1. The molecule has 0 unspecified atom stereocenters. The van der Waals surface area contributed by atoms with Gasteiger partial charge in [0, 0.05) is 17.3 Å². The molecule has 1 aromatic heterocycles. The van der Waals surface area contributed by atoms with Gasteiger partial charge in [-0.3, -0.25) is 19.7 Å². The van der Waals surface area contributed by atoms with Crippen LogP contribution < -0.4 is 9.47 Å². The molecule has 0 aliphatic rings. The van der Waals surface area contributed by atoms with E-state index in [1.54, 1.807) is 13.8 Å². The third-order valence-corrected chi connectivity index (χ3v) is 4.61. The molecule has 0 saturated carbocycles. The molecule has 0 radical (unpaired) electrons. The van der Waals surface area contributed by atoms with Crippen molar-refractivity contribution in [3.8, 4) is 11.5 Å². The quantitative estimate of drug-likeness (QED) is 0.298. The first-order valence-corrected chi connectivity index (χ1v) is 8.89. The zero-order valence-corrected chi connectivity index (χ0v) is 17.4. The third-order valence-electron chi connectivity index (χ3n) is 4.61. The van der Waals surface area contributed by atoms with Crippen LogP contribution >= 0.6 is 0 Å². The van der Waals surface area contributed by atoms with Gasteiger partial charge in [0.15, 0.2) is 23.4 Å². The highest BCUT2D eigenvalue weighted by molar-refractivity contribution is 6.06. The highest BCUT2D eigenvalue weighted by Crippen LogP contribution is 2.35. The van der Waals surface area contributed by atoms with Crippen molar-refractivity contribution in [1.29, 1.82) is 0 Å². The van der Waals surface area contributed by atoms with Gasteiger partial charge in [-0.25, -0.2) is 4.79 Å². The van der Waals surface area contributed by atoms with Crippen LogP contribution in [0.1, 0.15) is 56.3 Å². The number of carbonyl (C=O) groups excluding carboxylic acids is 3. The fourth-order valence-electron chi connectivity index (χ4n) is 3.19. The Balaban J connectivity index is 2.36. The molecule has 0 spiro atoms. The van der Waals surface area contributed by atoms with Crippen molar-refractivity contribution < 1.29 is 33.5 Å². The minimum absolute atomic E-state index is 0.0686. The van der Waals surface area contributed by atoms with E-state index in [4.69, 9.17) is 14.2 Å². The number of Topliss-reactive ketones (excluding diaryl/α,β-unsaturated/α-hetero) is 2. The van der Waals surface area contributed by atoms with Gasteiger partial charge in [0.1, 0.15) is 5.56 Å². The Labute approximate surface area is 172 Å². The van der Waals surface area contributed by atoms with Crippen molar-refractivity contribution in [1.82, 2.24) is 4.98 Å². The fourth-order valence-corrected chi connectivity index (χ4v) is 3.19. The lowest BCUT2D eigenvalue weighted by atomic mass is 10.0. The van der Waals surface area contributed by atoms with Gasteiger partial charge in [-0.05, 0) is 33.3 Å². The number of ether oxygens (including phenoxy) is 3. The Morgan fingerprint density at radius 1 is 1.10 bits per heavy atom. The first kappa shape index (κ1) is 22.6. The molecule has 10 nitrogen and oxygen atoms in total. The predicted octanol–water partition coefficient (Wildman–Crippen LogP) is 3.19. The Kier molecular flexibility index (Phi) is 6.60. The normalized spacial score (nSPS) is 11.5. The van der Waals surface area contributed by atoms with Crippen LogP contribution in [0.2, 0.25) is 0 Å². The average Bonchev–Trinajstić information content (AvgIpc) is 2.99. The molecule has 1 atom stereocenters. The number of hydrogen-bond donors (Lipinski definition) is 1. The first-order valence-electron chi connectivity index (χ1n) is 8.89. The van der Waals surface area contributed by atoms with Crippen LogP contribution in [-0.2, 0) is 4.74 Å². The molecule has 0 amide bonds. The van der Waals surface area contributed by atoms with Crippen molar-refractivity contribution in [2.75, 3.05) is 14.2 Å². The smallest absolute Gasteiger partial charge is 0.346 e. The largest absolute Gasteiger partial charge is 0.493 e. The molecular weight excluding hydrogens is 396 g/mol. The van der Waals surface area contributed by atoms with Gasteiger partial charge in [-0.2, -0.15) is 0 Å². The van der Waals surface area contributed by atoms with Gasteiger partial charge in [-0.1, -0.05) is 0 Å². The van der Waals surface area contributed by atoms with E-state index in [1.807, 2.05) is 0 Å². The van der Waals surface area contributed by atoms with Crippen LogP contribution in [0, 0.1) is 24.0 Å². The molecule has 30 heavy (non-hydrogen) atoms. The second-order valence-corrected chi connectivity index (χ2v) is 6.57. The summed E-state index contributed by atoms with van der Waals surface area (Å²) < 4.78 is 15.3. The Morgan fingerprint density at radius 2 is 1.67 bits per heavy atom. The number of hydrogen-bond acceptors (Lipinski definition) is 8. The van der Waals surface area contributed by atoms with E-state index in [0.29, 0.717) is 16.8 Å². The number of esters is 1. The zero-order valence-electron chi connectivity index (χ0n) is 17.4. The maximum absolute atomic E-state index is 12.8. The second kappa shape index (κ2) is 8.76. The predicted molar refractivity (Wildman–Crippen MR) is 106 cm³/mol. The summed E-state index contributed by atoms with van der Waals surface area (Å²) in [7, 11) is 2.62. The molecule has 1 heterocycles. The minimum atomic E-state index is -1.26. The van der Waals surface area contributed by atoms with E-state index >= 15 is 0 Å². The van der Waals surface area contributed by atoms with Crippen molar-refractivity contribution in [3.05, 3.63) is 50.3 Å². The lowest BCUT2D eigenvalue weighted by Crippen LogP contribution is -2.25. The molecule has 0 bridgehead atoms. The summed E-state index contributed by atoms with van der Waals surface area (Å²) in [5.74, 6) is -1.68. The molecule has 0 saturated heterocycles. The first-order chi connectivity index (χ1) is 14.0. The number of ketones is 2. The molecule has 0 aliphatic carbocycles. The number of aryl methyl sites for hydroxylation is 1. The lowest BCUT2D eigenvalue weighted by Gasteiger charge is -2.14. The molecule has 10 heteroatoms. The summed E-state index contributed by atoms with van der Waals surface area (Å²) in [5, 5.41) is 11.4. The van der Waals surface area contributed by atoms with Gasteiger partial charge < -0.3 is 19.2 Å². The van der Waals surface area contributed by atoms with E-state index in [-0.39, 0.29) is 28.5 Å². The van der Waals surface area contributed by atoms with Crippen LogP contribution in [0.25, 0.3) is 0 Å². The van der Waals surface area contributed by atoms with Crippen molar-refractivity contribution >= 4 is 23.2 Å². The second-order valence-electron chi connectivity index (χ2n) is 6.57. The number of nitrogens with one attached hydrogen (secondary N) is 1. The number of nitro groups is 1. The summed E-state index contributed by atoms with van der Waals surface area (Å²) in [6.45, 7) is 6.00. The van der Waals surface area contributed by atoms with Crippen LogP contribution in [-0.4, -0.2) is 47.8 Å². The molecule has 0 fully saturated rings. The Bertz CT molecular complexity index is 1040. The van der Waals surface area contributed by atoms with Gasteiger partial charge in [0.2, 0.25) is 5.78 Å². The maximum atomic E-state index is 12.8. The van der Waals surface area contributed by atoms with Gasteiger partial charge in [0.05, 0.1) is 30.9 Å². The Morgan fingerprint density at radius 3 is 2.13 bits per heavy atom. The minimum Gasteiger partial charge on any atom is -0.493 e. The van der Waals surface area contributed by atoms with E-state index in [9.17, 15) is 24.5 Å². The monoisotopic (exact) mass is 418 g/mol. The number of methoxy groups -OCH3 is 2. The molecule has 1 N–H and O–H groups in total. The molecule has 160 valence electrons. The molecule has 0 aliphatic heterocycles. The van der Waals surface area contributed by atoms with Crippen molar-refractivity contribution in [3.63, 3.8) is 0 Å². The van der Waals surface area contributed by atoms with Crippen LogP contribution in [0.15, 0.2) is 12.1 Å². The van der Waals surface area contributed by atoms with Gasteiger partial charge in [0.25, 0.3) is 5.69 Å². The van der Waals surface area contributed by atoms with E-state index in [1.165, 1.54) is 28.1 Å². The number of aromatic nitrogens is 1. The lowest BCUT2D eigenvalue weighted by molar-refractivity contribution is -0.385. The number of nitro benzene ring substituents is 1. The molecule has 1 aromatic carbocycles. The zero-order chi connectivity index (χ0) is 22.7. The molecule has 2 aromatic rings. The van der Waals surface area contributed by atoms with E-state index < -0.39 is 28.5 Å². The summed E-state index contributed by atoms with van der Waals surface area (Å²) in [5.41, 5.74) is 0.568. The van der Waals surface area contributed by atoms with Crippen molar-refractivity contribution in [2.24, 2.45) is 0 Å². The van der Waals surface area contributed by atoms with Gasteiger partial charge in [-0.15, -0.1) is 0 Å². The molecular formula is C20H22N2O8. The van der Waals surface area contributed by atoms with E-state index in [0.717, 1.165) is 12.1 Å². The molecule has 2 rings (SSSR count). The SMILES string of the molecule is COc1cc(C(=O)O[C@H](C)C(=O)c2[nH]c(C)c(C(C)=O)c2C)c([N+](=O)[O-])cc1OC. The third kappa shape index (κ3) is 4.17. The number of rotatable bonds is 8. The summed E-state index contributed by atoms with van der Waals surface area (Å²) >= 11 is 0. The highest BCUT2D eigenvalue weighted by atomic mass is 16.6. The number of benzene rings is 1. The topological polar surface area (TPSA) is 138 Å². The van der Waals surface area contributed by atoms with E-state index in [2.05, 4.69) is 4.98 Å². The van der Waals surface area contributed by atoms with Gasteiger partial charge >= 0.3 is 5.97 Å². The number of aromatic amines is 1.